The standard InChI is InChI=1S/C10H9ClINO/c11-7-3-8-6(1-2-13)5-14-10(8)9(12)4-7/h3-5H,1-2,13H2. The molecule has 0 amide bonds. The fourth-order valence-electron chi connectivity index (χ4n) is 1.46. The molecule has 1 aromatic heterocycles. The van der Waals surface area contributed by atoms with Gasteiger partial charge in [0.15, 0.2) is 0 Å². The molecule has 0 spiro atoms. The summed E-state index contributed by atoms with van der Waals surface area (Å²) in [4.78, 5) is 0. The Balaban J connectivity index is 2.66. The van der Waals surface area contributed by atoms with Gasteiger partial charge in [0.25, 0.3) is 0 Å². The van der Waals surface area contributed by atoms with Gasteiger partial charge in [0.05, 0.1) is 9.83 Å². The fourth-order valence-corrected chi connectivity index (χ4v) is 2.62. The Hall–Kier alpha value is -0.260. The molecule has 74 valence electrons. The van der Waals surface area contributed by atoms with Gasteiger partial charge in [-0.15, -0.1) is 0 Å². The summed E-state index contributed by atoms with van der Waals surface area (Å²) in [5.74, 6) is 0. The molecule has 0 saturated heterocycles. The van der Waals surface area contributed by atoms with E-state index in [1.807, 2.05) is 12.1 Å². The van der Waals surface area contributed by atoms with Gasteiger partial charge in [-0.25, -0.2) is 0 Å². The van der Waals surface area contributed by atoms with Gasteiger partial charge < -0.3 is 10.2 Å². The third-order valence-electron chi connectivity index (χ3n) is 2.09. The molecular weight excluding hydrogens is 312 g/mol. The number of halogens is 2. The first-order valence-electron chi connectivity index (χ1n) is 4.27. The van der Waals surface area contributed by atoms with E-state index in [9.17, 15) is 0 Å². The normalized spacial score (nSPS) is 11.1. The van der Waals surface area contributed by atoms with Crippen molar-refractivity contribution in [2.75, 3.05) is 6.54 Å². The van der Waals surface area contributed by atoms with Crippen LogP contribution in [0.25, 0.3) is 11.0 Å². The molecule has 2 aromatic rings. The van der Waals surface area contributed by atoms with Crippen molar-refractivity contribution < 1.29 is 4.42 Å². The molecule has 0 aliphatic carbocycles. The summed E-state index contributed by atoms with van der Waals surface area (Å²) in [6.45, 7) is 0.623. The molecule has 4 heteroatoms. The predicted molar refractivity (Wildman–Crippen MR) is 66.7 cm³/mol. The Morgan fingerprint density at radius 3 is 2.93 bits per heavy atom. The van der Waals surface area contributed by atoms with Crippen LogP contribution in [0.5, 0.6) is 0 Å². The zero-order valence-corrected chi connectivity index (χ0v) is 10.3. The summed E-state index contributed by atoms with van der Waals surface area (Å²) >= 11 is 8.19. The maximum Gasteiger partial charge on any atom is 0.147 e. The summed E-state index contributed by atoms with van der Waals surface area (Å²) in [5, 5.41) is 1.81. The van der Waals surface area contributed by atoms with Crippen LogP contribution in [-0.2, 0) is 6.42 Å². The van der Waals surface area contributed by atoms with Crippen LogP contribution >= 0.6 is 34.2 Å². The van der Waals surface area contributed by atoms with E-state index >= 15 is 0 Å². The second kappa shape index (κ2) is 4.08. The molecule has 1 heterocycles. The molecule has 0 aliphatic heterocycles. The van der Waals surface area contributed by atoms with Gasteiger partial charge >= 0.3 is 0 Å². The fraction of sp³-hybridized carbons (Fsp3) is 0.200. The van der Waals surface area contributed by atoms with E-state index < -0.39 is 0 Å². The maximum atomic E-state index is 5.98. The van der Waals surface area contributed by atoms with Gasteiger partial charge in [-0.1, -0.05) is 11.6 Å². The van der Waals surface area contributed by atoms with Crippen molar-refractivity contribution >= 4 is 45.2 Å². The summed E-state index contributed by atoms with van der Waals surface area (Å²) in [7, 11) is 0. The Bertz CT molecular complexity index is 466. The lowest BCUT2D eigenvalue weighted by Gasteiger charge is -1.97. The first-order chi connectivity index (χ1) is 6.72. The lowest BCUT2D eigenvalue weighted by molar-refractivity contribution is 0.608. The van der Waals surface area contributed by atoms with Gasteiger partial charge in [0.2, 0.25) is 0 Å². The zero-order valence-electron chi connectivity index (χ0n) is 7.39. The molecule has 0 bridgehead atoms. The smallest absolute Gasteiger partial charge is 0.147 e. The Morgan fingerprint density at radius 2 is 2.21 bits per heavy atom. The zero-order chi connectivity index (χ0) is 10.1. The molecule has 0 fully saturated rings. The molecule has 0 radical (unpaired) electrons. The lowest BCUT2D eigenvalue weighted by atomic mass is 10.1. The SMILES string of the molecule is NCCc1coc2c(I)cc(Cl)cc12. The monoisotopic (exact) mass is 321 g/mol. The van der Waals surface area contributed by atoms with Crippen LogP contribution in [0.2, 0.25) is 5.02 Å². The molecule has 1 aromatic carbocycles. The van der Waals surface area contributed by atoms with Crippen LogP contribution in [0.4, 0.5) is 0 Å². The first-order valence-corrected chi connectivity index (χ1v) is 5.73. The third-order valence-corrected chi connectivity index (χ3v) is 3.11. The van der Waals surface area contributed by atoms with Crippen molar-refractivity contribution in [3.63, 3.8) is 0 Å². The summed E-state index contributed by atoms with van der Waals surface area (Å²) in [6, 6.07) is 3.81. The molecule has 2 rings (SSSR count). The first kappa shape index (κ1) is 10.3. The van der Waals surface area contributed by atoms with Crippen LogP contribution in [-0.4, -0.2) is 6.54 Å². The number of rotatable bonds is 2. The topological polar surface area (TPSA) is 39.2 Å². The largest absolute Gasteiger partial charge is 0.463 e. The third kappa shape index (κ3) is 1.76. The van der Waals surface area contributed by atoms with Crippen LogP contribution < -0.4 is 5.73 Å². The van der Waals surface area contributed by atoms with Gasteiger partial charge in [-0.2, -0.15) is 0 Å². The van der Waals surface area contributed by atoms with Gasteiger partial charge in [-0.3, -0.25) is 0 Å². The van der Waals surface area contributed by atoms with E-state index in [0.717, 1.165) is 31.5 Å². The summed E-state index contributed by atoms with van der Waals surface area (Å²) in [5.41, 5.74) is 7.54. The van der Waals surface area contributed by atoms with E-state index in [1.165, 1.54) is 0 Å². The van der Waals surface area contributed by atoms with Crippen LogP contribution in [0.1, 0.15) is 5.56 Å². The number of fused-ring (bicyclic) bond motifs is 1. The highest BCUT2D eigenvalue weighted by Crippen LogP contribution is 2.29. The molecule has 0 aliphatic rings. The molecule has 0 unspecified atom stereocenters. The number of benzene rings is 1. The number of hydrogen-bond donors (Lipinski definition) is 1. The van der Waals surface area contributed by atoms with Crippen molar-refractivity contribution in [3.05, 3.63) is 32.6 Å². The Morgan fingerprint density at radius 1 is 1.43 bits per heavy atom. The maximum absolute atomic E-state index is 5.98. The molecule has 2 N–H and O–H groups in total. The summed E-state index contributed by atoms with van der Waals surface area (Å²) < 4.78 is 6.50. The van der Waals surface area contributed by atoms with Crippen LogP contribution in [0.3, 0.4) is 0 Å². The van der Waals surface area contributed by atoms with Gasteiger partial charge in [0, 0.05) is 10.4 Å². The molecule has 0 saturated carbocycles. The number of furan rings is 1. The highest BCUT2D eigenvalue weighted by molar-refractivity contribution is 14.1. The van der Waals surface area contributed by atoms with Gasteiger partial charge in [-0.05, 0) is 53.3 Å². The molecule has 0 atom stereocenters. The Labute approximate surface area is 101 Å². The predicted octanol–water partition coefficient (Wildman–Crippen LogP) is 3.19. The minimum absolute atomic E-state index is 0.623. The Kier molecular flexibility index (Phi) is 2.99. The lowest BCUT2D eigenvalue weighted by Crippen LogP contribution is -2.01. The minimum Gasteiger partial charge on any atom is -0.463 e. The average Bonchev–Trinajstić information content (AvgIpc) is 2.49. The van der Waals surface area contributed by atoms with E-state index in [0.29, 0.717) is 6.54 Å². The second-order valence-corrected chi connectivity index (χ2v) is 4.66. The molecule has 2 nitrogen and oxygen atoms in total. The van der Waals surface area contributed by atoms with Gasteiger partial charge in [0.1, 0.15) is 5.58 Å². The second-order valence-electron chi connectivity index (χ2n) is 3.06. The number of nitrogens with two attached hydrogens (primary N) is 1. The van der Waals surface area contributed by atoms with E-state index in [1.54, 1.807) is 6.26 Å². The van der Waals surface area contributed by atoms with E-state index in [4.69, 9.17) is 21.8 Å². The van der Waals surface area contributed by atoms with Crippen molar-refractivity contribution in [3.8, 4) is 0 Å². The summed E-state index contributed by atoms with van der Waals surface area (Å²) in [6.07, 6.45) is 2.58. The molecule has 14 heavy (non-hydrogen) atoms. The highest BCUT2D eigenvalue weighted by atomic mass is 127. The van der Waals surface area contributed by atoms with Crippen LogP contribution in [0.15, 0.2) is 22.8 Å². The molecular formula is C10H9ClINO. The minimum atomic E-state index is 0.623. The van der Waals surface area contributed by atoms with E-state index in [-0.39, 0.29) is 0 Å². The van der Waals surface area contributed by atoms with E-state index in [2.05, 4.69) is 22.6 Å². The van der Waals surface area contributed by atoms with Crippen molar-refractivity contribution in [1.29, 1.82) is 0 Å². The van der Waals surface area contributed by atoms with Crippen molar-refractivity contribution in [2.45, 2.75) is 6.42 Å². The highest BCUT2D eigenvalue weighted by Gasteiger charge is 2.09. The van der Waals surface area contributed by atoms with Crippen molar-refractivity contribution in [2.24, 2.45) is 5.73 Å². The quantitative estimate of drug-likeness (QED) is 0.863. The van der Waals surface area contributed by atoms with Crippen LogP contribution in [0, 0.1) is 3.57 Å². The van der Waals surface area contributed by atoms with Crippen molar-refractivity contribution in [1.82, 2.24) is 0 Å². The number of hydrogen-bond acceptors (Lipinski definition) is 2. The average molecular weight is 322 g/mol.